The predicted molar refractivity (Wildman–Crippen MR) is 114 cm³/mol. The summed E-state index contributed by atoms with van der Waals surface area (Å²) in [5.41, 5.74) is 2.01. The molecule has 0 saturated carbocycles. The van der Waals surface area contributed by atoms with E-state index in [-0.39, 0.29) is 0 Å². The van der Waals surface area contributed by atoms with Crippen molar-refractivity contribution in [2.24, 2.45) is 0 Å². The van der Waals surface area contributed by atoms with Gasteiger partial charge < -0.3 is 10.1 Å². The third kappa shape index (κ3) is 5.25. The molecular weight excluding hydrogens is 419 g/mol. The minimum absolute atomic E-state index is 0.324. The molecule has 1 aromatic carbocycles. The highest BCUT2D eigenvalue weighted by molar-refractivity contribution is 6.35. The van der Waals surface area contributed by atoms with Gasteiger partial charge in [0.05, 0.1) is 16.9 Å². The third-order valence-corrected chi connectivity index (χ3v) is 4.91. The fraction of sp³-hybridized carbons (Fsp3) is 0.250. The van der Waals surface area contributed by atoms with E-state index in [1.165, 1.54) is 6.20 Å². The first kappa shape index (κ1) is 20.6. The van der Waals surface area contributed by atoms with Gasteiger partial charge in [0.1, 0.15) is 27.6 Å². The molecule has 1 N–H and O–H groups in total. The van der Waals surface area contributed by atoms with Gasteiger partial charge in [-0.2, -0.15) is 0 Å². The summed E-state index contributed by atoms with van der Waals surface area (Å²) in [6.07, 6.45) is 3.08. The number of rotatable bonds is 7. The molecular formula is C20H19Cl3N4O. The summed E-state index contributed by atoms with van der Waals surface area (Å²) in [5, 5.41) is 4.62. The molecule has 0 aliphatic heterocycles. The van der Waals surface area contributed by atoms with Gasteiger partial charge in [0, 0.05) is 6.54 Å². The fourth-order valence-electron chi connectivity index (χ4n) is 2.61. The second-order valence-electron chi connectivity index (χ2n) is 6.09. The lowest BCUT2D eigenvalue weighted by Crippen LogP contribution is -2.09. The highest BCUT2D eigenvalue weighted by Gasteiger charge is 2.09. The van der Waals surface area contributed by atoms with Crippen molar-refractivity contribution in [3.05, 3.63) is 68.8 Å². The molecule has 28 heavy (non-hydrogen) atoms. The average Bonchev–Trinajstić information content (AvgIpc) is 2.67. The molecule has 0 amide bonds. The van der Waals surface area contributed by atoms with Crippen LogP contribution in [0.3, 0.4) is 0 Å². The Kier molecular flexibility index (Phi) is 6.94. The van der Waals surface area contributed by atoms with E-state index in [1.54, 1.807) is 6.07 Å². The van der Waals surface area contributed by atoms with Crippen LogP contribution < -0.4 is 10.1 Å². The summed E-state index contributed by atoms with van der Waals surface area (Å²) in [6.45, 7) is 4.59. The topological polar surface area (TPSA) is 59.9 Å². The number of nitrogens with one attached hydrogen (secondary N) is 1. The van der Waals surface area contributed by atoms with Crippen LogP contribution in [-0.2, 0) is 12.8 Å². The second-order valence-corrected chi connectivity index (χ2v) is 7.27. The van der Waals surface area contributed by atoms with Gasteiger partial charge in [-0.05, 0) is 43.5 Å². The number of hydrogen-bond donors (Lipinski definition) is 1. The lowest BCUT2D eigenvalue weighted by Gasteiger charge is -2.11. The molecule has 3 aromatic rings. The largest absolute Gasteiger partial charge is 0.454 e. The highest BCUT2D eigenvalue weighted by Crippen LogP contribution is 2.30. The Hall–Kier alpha value is -2.08. The van der Waals surface area contributed by atoms with E-state index in [1.807, 2.05) is 38.1 Å². The molecule has 0 aliphatic carbocycles. The van der Waals surface area contributed by atoms with Crippen molar-refractivity contribution >= 4 is 40.6 Å². The van der Waals surface area contributed by atoms with Gasteiger partial charge in [0.2, 0.25) is 0 Å². The zero-order valence-electron chi connectivity index (χ0n) is 15.5. The minimum atomic E-state index is 0.324. The van der Waals surface area contributed by atoms with Gasteiger partial charge in [-0.15, -0.1) is 0 Å². The Morgan fingerprint density at radius 3 is 2.50 bits per heavy atom. The molecule has 0 fully saturated rings. The first-order valence-corrected chi connectivity index (χ1v) is 9.94. The van der Waals surface area contributed by atoms with Gasteiger partial charge in [-0.25, -0.2) is 15.0 Å². The number of hydrogen-bond acceptors (Lipinski definition) is 5. The van der Waals surface area contributed by atoms with Crippen LogP contribution >= 0.6 is 34.8 Å². The molecule has 0 spiro atoms. The SMILES string of the molecule is CCc1nc(C)nc(NCCc2ccc(Oc3cnc(Cl)cc3Cl)cc2)c1Cl. The number of aryl methyl sites for hydroxylation is 2. The molecule has 5 nitrogen and oxygen atoms in total. The fourth-order valence-corrected chi connectivity index (χ4v) is 3.30. The zero-order chi connectivity index (χ0) is 20.1. The van der Waals surface area contributed by atoms with Crippen LogP contribution in [0.2, 0.25) is 15.2 Å². The van der Waals surface area contributed by atoms with Crippen LogP contribution in [0.15, 0.2) is 36.5 Å². The molecule has 8 heteroatoms. The number of pyridine rings is 1. The van der Waals surface area contributed by atoms with E-state index in [9.17, 15) is 0 Å². The smallest absolute Gasteiger partial charge is 0.164 e. The predicted octanol–water partition coefficient (Wildman–Crippen LogP) is 6.15. The van der Waals surface area contributed by atoms with E-state index < -0.39 is 0 Å². The van der Waals surface area contributed by atoms with Crippen LogP contribution in [0.5, 0.6) is 11.5 Å². The quantitative estimate of drug-likeness (QED) is 0.449. The maximum Gasteiger partial charge on any atom is 0.164 e. The summed E-state index contributed by atoms with van der Waals surface area (Å²) >= 11 is 18.3. The maximum atomic E-state index is 6.35. The summed E-state index contributed by atoms with van der Waals surface area (Å²) in [4.78, 5) is 12.7. The van der Waals surface area contributed by atoms with Gasteiger partial charge in [-0.1, -0.05) is 53.9 Å². The first-order chi connectivity index (χ1) is 13.5. The molecule has 0 atom stereocenters. The molecule has 0 saturated heterocycles. The Morgan fingerprint density at radius 2 is 1.82 bits per heavy atom. The lowest BCUT2D eigenvalue weighted by molar-refractivity contribution is 0.480. The molecule has 0 bridgehead atoms. The molecule has 0 unspecified atom stereocenters. The Morgan fingerprint density at radius 1 is 1.07 bits per heavy atom. The van der Waals surface area contributed by atoms with Gasteiger partial charge >= 0.3 is 0 Å². The monoisotopic (exact) mass is 436 g/mol. The Balaban J connectivity index is 1.58. The molecule has 2 heterocycles. The number of halogens is 3. The van der Waals surface area contributed by atoms with Gasteiger partial charge in [0.25, 0.3) is 0 Å². The van der Waals surface area contributed by atoms with Gasteiger partial charge in [0.15, 0.2) is 5.75 Å². The number of benzene rings is 1. The lowest BCUT2D eigenvalue weighted by atomic mass is 10.1. The highest BCUT2D eigenvalue weighted by atomic mass is 35.5. The average molecular weight is 438 g/mol. The summed E-state index contributed by atoms with van der Waals surface area (Å²) < 4.78 is 5.74. The first-order valence-electron chi connectivity index (χ1n) is 8.81. The molecule has 0 radical (unpaired) electrons. The van der Waals surface area contributed by atoms with Crippen LogP contribution in [0, 0.1) is 6.92 Å². The summed E-state index contributed by atoms with van der Waals surface area (Å²) in [6, 6.07) is 9.31. The number of ether oxygens (including phenoxy) is 1. The van der Waals surface area contributed by atoms with E-state index in [4.69, 9.17) is 39.5 Å². The standard InChI is InChI=1S/C20H19Cl3N4O/c1-3-16-19(23)20(27-12(2)26-16)24-9-8-13-4-6-14(7-5-13)28-17-11-25-18(22)10-15(17)21/h4-7,10-11H,3,8-9H2,1-2H3,(H,24,26,27). The van der Waals surface area contributed by atoms with Crippen molar-refractivity contribution in [1.29, 1.82) is 0 Å². The number of aromatic nitrogens is 3. The Bertz CT molecular complexity index is 964. The van der Waals surface area contributed by atoms with E-state index in [0.717, 1.165) is 24.1 Å². The molecule has 2 aromatic heterocycles. The van der Waals surface area contributed by atoms with E-state index >= 15 is 0 Å². The van der Waals surface area contributed by atoms with Crippen LogP contribution in [-0.4, -0.2) is 21.5 Å². The van der Waals surface area contributed by atoms with Crippen molar-refractivity contribution in [3.63, 3.8) is 0 Å². The second kappa shape index (κ2) is 9.41. The third-order valence-electron chi connectivity index (χ3n) is 4.01. The van der Waals surface area contributed by atoms with Crippen molar-refractivity contribution in [2.75, 3.05) is 11.9 Å². The summed E-state index contributed by atoms with van der Waals surface area (Å²) in [5.74, 6) is 2.52. The maximum absolute atomic E-state index is 6.35. The van der Waals surface area contributed by atoms with Crippen molar-refractivity contribution in [1.82, 2.24) is 15.0 Å². The summed E-state index contributed by atoms with van der Waals surface area (Å²) in [7, 11) is 0. The molecule has 3 rings (SSSR count). The van der Waals surface area contributed by atoms with Crippen molar-refractivity contribution < 1.29 is 4.74 Å². The minimum Gasteiger partial charge on any atom is -0.454 e. The number of anilines is 1. The normalized spacial score (nSPS) is 10.8. The van der Waals surface area contributed by atoms with Crippen LogP contribution in [0.4, 0.5) is 5.82 Å². The zero-order valence-corrected chi connectivity index (χ0v) is 17.7. The van der Waals surface area contributed by atoms with Crippen molar-refractivity contribution in [2.45, 2.75) is 26.7 Å². The van der Waals surface area contributed by atoms with E-state index in [2.05, 4.69) is 20.3 Å². The molecule has 0 aliphatic rings. The van der Waals surface area contributed by atoms with E-state index in [0.29, 0.717) is 44.9 Å². The van der Waals surface area contributed by atoms with Crippen molar-refractivity contribution in [3.8, 4) is 11.5 Å². The molecule has 146 valence electrons. The Labute approximate surface area is 179 Å². The number of nitrogens with zero attached hydrogens (tertiary/aromatic N) is 3. The van der Waals surface area contributed by atoms with Gasteiger partial charge in [-0.3, -0.25) is 0 Å². The van der Waals surface area contributed by atoms with Crippen LogP contribution in [0.25, 0.3) is 0 Å². The van der Waals surface area contributed by atoms with Crippen LogP contribution in [0.1, 0.15) is 24.0 Å².